The molecule has 0 fully saturated rings. The third kappa shape index (κ3) is 2.06. The van der Waals surface area contributed by atoms with Gasteiger partial charge in [-0.3, -0.25) is 4.98 Å². The number of hydrogen-bond acceptors (Lipinski definition) is 2. The lowest BCUT2D eigenvalue weighted by molar-refractivity contribution is 0.570. The highest BCUT2D eigenvalue weighted by molar-refractivity contribution is 9.11. The van der Waals surface area contributed by atoms with Gasteiger partial charge in [-0.05, 0) is 82.2 Å². The molecule has 1 aliphatic carbocycles. The zero-order valence-electron chi connectivity index (χ0n) is 9.74. The summed E-state index contributed by atoms with van der Waals surface area (Å²) < 4.78 is 1.29. The lowest BCUT2D eigenvalue weighted by atomic mass is 9.82. The SMILES string of the molecule is Cc1ccnc2c1CCC(c1ccsc1Br)C2. The largest absolute Gasteiger partial charge is 0.261 e. The van der Waals surface area contributed by atoms with Gasteiger partial charge in [-0.1, -0.05) is 0 Å². The number of aryl methyl sites for hydroxylation is 1. The monoisotopic (exact) mass is 307 g/mol. The summed E-state index contributed by atoms with van der Waals surface area (Å²) in [6, 6.07) is 4.37. The van der Waals surface area contributed by atoms with Crippen LogP contribution in [0.3, 0.4) is 0 Å². The van der Waals surface area contributed by atoms with Crippen molar-refractivity contribution in [2.75, 3.05) is 0 Å². The van der Waals surface area contributed by atoms with Crippen molar-refractivity contribution in [3.05, 3.63) is 49.9 Å². The molecule has 0 radical (unpaired) electrons. The van der Waals surface area contributed by atoms with E-state index in [1.807, 2.05) is 6.20 Å². The highest BCUT2D eigenvalue weighted by Crippen LogP contribution is 2.38. The number of hydrogen-bond donors (Lipinski definition) is 0. The summed E-state index contributed by atoms with van der Waals surface area (Å²) in [5.74, 6) is 0.637. The quantitative estimate of drug-likeness (QED) is 0.756. The topological polar surface area (TPSA) is 12.9 Å². The normalized spacial score (nSPS) is 19.1. The minimum Gasteiger partial charge on any atom is -0.261 e. The molecule has 17 heavy (non-hydrogen) atoms. The molecule has 2 aromatic heterocycles. The maximum absolute atomic E-state index is 4.56. The van der Waals surface area contributed by atoms with E-state index in [2.05, 4.69) is 45.4 Å². The van der Waals surface area contributed by atoms with Crippen molar-refractivity contribution in [2.24, 2.45) is 0 Å². The van der Waals surface area contributed by atoms with Crippen molar-refractivity contribution in [1.29, 1.82) is 0 Å². The van der Waals surface area contributed by atoms with Crippen LogP contribution >= 0.6 is 27.3 Å². The Kier molecular flexibility index (Phi) is 3.05. The first-order valence-electron chi connectivity index (χ1n) is 5.92. The van der Waals surface area contributed by atoms with Crippen molar-refractivity contribution >= 4 is 27.3 Å². The van der Waals surface area contributed by atoms with Crippen LogP contribution in [0.15, 0.2) is 27.5 Å². The van der Waals surface area contributed by atoms with Crippen LogP contribution in [0.4, 0.5) is 0 Å². The number of nitrogens with zero attached hydrogens (tertiary/aromatic N) is 1. The fourth-order valence-corrected chi connectivity index (χ4v) is 4.16. The van der Waals surface area contributed by atoms with Gasteiger partial charge in [-0.2, -0.15) is 0 Å². The molecule has 0 saturated carbocycles. The van der Waals surface area contributed by atoms with E-state index >= 15 is 0 Å². The van der Waals surface area contributed by atoms with Gasteiger partial charge in [0.2, 0.25) is 0 Å². The molecular weight excluding hydrogens is 294 g/mol. The summed E-state index contributed by atoms with van der Waals surface area (Å²) in [7, 11) is 0. The molecule has 1 aliphatic rings. The lowest BCUT2D eigenvalue weighted by Crippen LogP contribution is -2.15. The molecule has 0 amide bonds. The van der Waals surface area contributed by atoms with Gasteiger partial charge in [-0.15, -0.1) is 11.3 Å². The first-order valence-corrected chi connectivity index (χ1v) is 7.59. The molecule has 0 bridgehead atoms. The van der Waals surface area contributed by atoms with Crippen LogP contribution in [0, 0.1) is 6.92 Å². The predicted molar refractivity (Wildman–Crippen MR) is 75.8 cm³/mol. The van der Waals surface area contributed by atoms with Crippen molar-refractivity contribution < 1.29 is 0 Å². The Morgan fingerprint density at radius 1 is 1.41 bits per heavy atom. The highest BCUT2D eigenvalue weighted by atomic mass is 79.9. The van der Waals surface area contributed by atoms with E-state index in [1.54, 1.807) is 11.3 Å². The van der Waals surface area contributed by atoms with Crippen LogP contribution in [0.2, 0.25) is 0 Å². The molecule has 1 unspecified atom stereocenters. The third-order valence-corrected chi connectivity index (χ3v) is 5.38. The van der Waals surface area contributed by atoms with E-state index in [9.17, 15) is 0 Å². The molecule has 1 nitrogen and oxygen atoms in total. The summed E-state index contributed by atoms with van der Waals surface area (Å²) in [5, 5.41) is 2.17. The molecule has 88 valence electrons. The minimum absolute atomic E-state index is 0.637. The van der Waals surface area contributed by atoms with Gasteiger partial charge in [0, 0.05) is 11.9 Å². The summed E-state index contributed by atoms with van der Waals surface area (Å²) in [6.07, 6.45) is 5.45. The van der Waals surface area contributed by atoms with Crippen molar-refractivity contribution in [2.45, 2.75) is 32.1 Å². The Morgan fingerprint density at radius 2 is 2.29 bits per heavy atom. The maximum Gasteiger partial charge on any atom is 0.0733 e. The average molecular weight is 308 g/mol. The zero-order valence-corrected chi connectivity index (χ0v) is 12.1. The number of rotatable bonds is 1. The summed E-state index contributed by atoms with van der Waals surface area (Å²) in [5.41, 5.74) is 5.65. The number of thiophene rings is 1. The second kappa shape index (κ2) is 4.54. The molecule has 3 rings (SSSR count). The molecule has 0 aromatic carbocycles. The van der Waals surface area contributed by atoms with Crippen LogP contribution in [0.25, 0.3) is 0 Å². The van der Waals surface area contributed by atoms with Gasteiger partial charge in [-0.25, -0.2) is 0 Å². The van der Waals surface area contributed by atoms with Crippen LogP contribution in [-0.2, 0) is 12.8 Å². The van der Waals surface area contributed by atoms with E-state index in [0.29, 0.717) is 5.92 Å². The first kappa shape index (κ1) is 11.4. The fraction of sp³-hybridized carbons (Fsp3) is 0.357. The standard InChI is InChI=1S/C14H14BrNS/c1-9-4-6-16-13-8-10(2-3-11(9)13)12-5-7-17-14(12)15/h4-7,10H,2-3,8H2,1H3. The lowest BCUT2D eigenvalue weighted by Gasteiger charge is -2.24. The number of pyridine rings is 1. The Morgan fingerprint density at radius 3 is 3.06 bits per heavy atom. The van der Waals surface area contributed by atoms with Gasteiger partial charge < -0.3 is 0 Å². The first-order chi connectivity index (χ1) is 8.25. The Labute approximate surface area is 114 Å². The predicted octanol–water partition coefficient (Wildman–Crippen LogP) is 4.49. The zero-order chi connectivity index (χ0) is 11.8. The van der Waals surface area contributed by atoms with Gasteiger partial charge >= 0.3 is 0 Å². The minimum atomic E-state index is 0.637. The van der Waals surface area contributed by atoms with E-state index < -0.39 is 0 Å². The van der Waals surface area contributed by atoms with Crippen molar-refractivity contribution in [3.63, 3.8) is 0 Å². The number of fused-ring (bicyclic) bond motifs is 1. The van der Waals surface area contributed by atoms with Crippen LogP contribution < -0.4 is 0 Å². The molecule has 0 saturated heterocycles. The number of halogens is 1. The molecule has 2 heterocycles. The van der Waals surface area contributed by atoms with E-state index in [1.165, 1.54) is 39.0 Å². The fourth-order valence-electron chi connectivity index (χ4n) is 2.68. The second-order valence-electron chi connectivity index (χ2n) is 4.64. The average Bonchev–Trinajstić information content (AvgIpc) is 2.75. The van der Waals surface area contributed by atoms with Gasteiger partial charge in [0.25, 0.3) is 0 Å². The van der Waals surface area contributed by atoms with Crippen molar-refractivity contribution in [3.8, 4) is 0 Å². The Balaban J connectivity index is 1.94. The Bertz CT molecular complexity index is 547. The van der Waals surface area contributed by atoms with Gasteiger partial charge in [0.15, 0.2) is 0 Å². The molecule has 2 aromatic rings. The summed E-state index contributed by atoms with van der Waals surface area (Å²) >= 11 is 5.43. The van der Waals surface area contributed by atoms with Crippen molar-refractivity contribution in [1.82, 2.24) is 4.98 Å². The molecule has 3 heteroatoms. The van der Waals surface area contributed by atoms with Gasteiger partial charge in [0.1, 0.15) is 0 Å². The summed E-state index contributed by atoms with van der Waals surface area (Å²) in [4.78, 5) is 4.56. The highest BCUT2D eigenvalue weighted by Gasteiger charge is 2.23. The molecule has 0 N–H and O–H groups in total. The van der Waals surface area contributed by atoms with Crippen LogP contribution in [-0.4, -0.2) is 4.98 Å². The third-order valence-electron chi connectivity index (χ3n) is 3.65. The molecule has 0 spiro atoms. The van der Waals surface area contributed by atoms with E-state index in [0.717, 1.165) is 6.42 Å². The smallest absolute Gasteiger partial charge is 0.0733 e. The molecular formula is C14H14BrNS. The Hall–Kier alpha value is -0.670. The van der Waals surface area contributed by atoms with E-state index in [-0.39, 0.29) is 0 Å². The van der Waals surface area contributed by atoms with E-state index in [4.69, 9.17) is 0 Å². The second-order valence-corrected chi connectivity index (χ2v) is 6.88. The number of aromatic nitrogens is 1. The van der Waals surface area contributed by atoms with Gasteiger partial charge in [0.05, 0.1) is 3.79 Å². The molecule has 1 atom stereocenters. The molecule has 0 aliphatic heterocycles. The summed E-state index contributed by atoms with van der Waals surface area (Å²) in [6.45, 7) is 2.20. The maximum atomic E-state index is 4.56. The van der Waals surface area contributed by atoms with Crippen LogP contribution in [0.1, 0.15) is 34.7 Å². The van der Waals surface area contributed by atoms with Crippen LogP contribution in [0.5, 0.6) is 0 Å².